The Balaban J connectivity index is 2.34. The zero-order valence-corrected chi connectivity index (χ0v) is 11.8. The second-order valence-corrected chi connectivity index (χ2v) is 4.76. The van der Waals surface area contributed by atoms with Crippen molar-refractivity contribution in [1.82, 2.24) is 5.32 Å². The zero-order valence-electron chi connectivity index (χ0n) is 11.8. The number of carboxylic acids is 1. The number of carbonyl (C=O) groups excluding carboxylic acids is 1. The second-order valence-electron chi connectivity index (χ2n) is 4.76. The van der Waals surface area contributed by atoms with Crippen molar-refractivity contribution in [3.8, 4) is 0 Å². The molecular formula is C14H19N3O4. The number of anilines is 2. The number of carbonyl (C=O) groups is 2. The van der Waals surface area contributed by atoms with Crippen LogP contribution >= 0.6 is 0 Å². The smallest absolute Gasteiger partial charge is 0.335 e. The van der Waals surface area contributed by atoms with E-state index < -0.39 is 12.0 Å². The van der Waals surface area contributed by atoms with Crippen molar-refractivity contribution >= 4 is 23.3 Å². The van der Waals surface area contributed by atoms with E-state index in [4.69, 9.17) is 15.6 Å². The number of nitrogens with one attached hydrogen (secondary N) is 1. The topological polar surface area (TPSA) is 105 Å². The summed E-state index contributed by atoms with van der Waals surface area (Å²) in [5, 5.41) is 11.8. The lowest BCUT2D eigenvalue weighted by molar-refractivity contribution is -0.124. The van der Waals surface area contributed by atoms with Crippen molar-refractivity contribution in [2.75, 3.05) is 36.9 Å². The van der Waals surface area contributed by atoms with Gasteiger partial charge in [-0.3, -0.25) is 4.79 Å². The summed E-state index contributed by atoms with van der Waals surface area (Å²) in [7, 11) is 0. The van der Waals surface area contributed by atoms with Crippen LogP contribution in [0.3, 0.4) is 0 Å². The Morgan fingerprint density at radius 1 is 1.52 bits per heavy atom. The van der Waals surface area contributed by atoms with E-state index in [0.29, 0.717) is 31.1 Å². The SMILES string of the molecule is CCNC(=O)C1COCCN1c1cc(C(=O)O)ccc1N. The molecular weight excluding hydrogens is 274 g/mol. The molecule has 2 rings (SSSR count). The van der Waals surface area contributed by atoms with E-state index >= 15 is 0 Å². The van der Waals surface area contributed by atoms with E-state index in [2.05, 4.69) is 5.32 Å². The van der Waals surface area contributed by atoms with Crippen LogP contribution in [0.1, 0.15) is 17.3 Å². The van der Waals surface area contributed by atoms with Crippen molar-refractivity contribution < 1.29 is 19.4 Å². The minimum atomic E-state index is -1.03. The van der Waals surface area contributed by atoms with Crippen LogP contribution in [0.5, 0.6) is 0 Å². The van der Waals surface area contributed by atoms with Gasteiger partial charge in [0.15, 0.2) is 0 Å². The van der Waals surface area contributed by atoms with Gasteiger partial charge in [-0.25, -0.2) is 4.79 Å². The van der Waals surface area contributed by atoms with Gasteiger partial charge in [-0.05, 0) is 25.1 Å². The maximum Gasteiger partial charge on any atom is 0.335 e. The minimum absolute atomic E-state index is 0.139. The van der Waals surface area contributed by atoms with Gasteiger partial charge in [-0.2, -0.15) is 0 Å². The van der Waals surface area contributed by atoms with Crippen LogP contribution in [0, 0.1) is 0 Å². The van der Waals surface area contributed by atoms with E-state index in [1.54, 1.807) is 11.0 Å². The third-order valence-electron chi connectivity index (χ3n) is 3.37. The quantitative estimate of drug-likeness (QED) is 0.690. The average Bonchev–Trinajstić information content (AvgIpc) is 2.47. The largest absolute Gasteiger partial charge is 0.478 e. The van der Waals surface area contributed by atoms with Crippen molar-refractivity contribution in [3.05, 3.63) is 23.8 Å². The zero-order chi connectivity index (χ0) is 15.4. The van der Waals surface area contributed by atoms with Gasteiger partial charge < -0.3 is 25.8 Å². The van der Waals surface area contributed by atoms with Gasteiger partial charge in [0.1, 0.15) is 6.04 Å². The number of nitrogens with two attached hydrogens (primary N) is 1. The summed E-state index contributed by atoms with van der Waals surface area (Å²) >= 11 is 0. The molecule has 0 radical (unpaired) electrons. The van der Waals surface area contributed by atoms with Crippen molar-refractivity contribution in [2.24, 2.45) is 0 Å². The van der Waals surface area contributed by atoms with Crippen LogP contribution in [-0.2, 0) is 9.53 Å². The van der Waals surface area contributed by atoms with E-state index in [0.717, 1.165) is 0 Å². The lowest BCUT2D eigenvalue weighted by Gasteiger charge is -2.37. The van der Waals surface area contributed by atoms with Gasteiger partial charge in [0, 0.05) is 13.1 Å². The predicted molar refractivity (Wildman–Crippen MR) is 78.5 cm³/mol. The van der Waals surface area contributed by atoms with Gasteiger partial charge in [0.2, 0.25) is 5.91 Å². The molecule has 1 aromatic carbocycles. The first kappa shape index (κ1) is 15.1. The number of nitrogen functional groups attached to an aromatic ring is 1. The third-order valence-corrected chi connectivity index (χ3v) is 3.37. The van der Waals surface area contributed by atoms with Crippen molar-refractivity contribution in [1.29, 1.82) is 0 Å². The third kappa shape index (κ3) is 3.25. The van der Waals surface area contributed by atoms with E-state index in [1.165, 1.54) is 12.1 Å². The summed E-state index contributed by atoms with van der Waals surface area (Å²) in [6.07, 6.45) is 0. The molecule has 1 aliphatic rings. The Morgan fingerprint density at radius 3 is 2.95 bits per heavy atom. The molecule has 0 saturated carbocycles. The minimum Gasteiger partial charge on any atom is -0.478 e. The number of hydrogen-bond acceptors (Lipinski definition) is 5. The highest BCUT2D eigenvalue weighted by Gasteiger charge is 2.30. The van der Waals surface area contributed by atoms with E-state index in [-0.39, 0.29) is 18.1 Å². The molecule has 1 heterocycles. The molecule has 4 N–H and O–H groups in total. The first-order valence-corrected chi connectivity index (χ1v) is 6.79. The maximum absolute atomic E-state index is 12.1. The second kappa shape index (κ2) is 6.45. The molecule has 114 valence electrons. The number of hydrogen-bond donors (Lipinski definition) is 3. The molecule has 0 spiro atoms. The monoisotopic (exact) mass is 293 g/mol. The number of rotatable bonds is 4. The normalized spacial score (nSPS) is 18.3. The summed E-state index contributed by atoms with van der Waals surface area (Å²) in [6.45, 7) is 3.56. The number of nitrogens with zero attached hydrogens (tertiary/aromatic N) is 1. The van der Waals surface area contributed by atoms with Gasteiger partial charge in [-0.1, -0.05) is 0 Å². The van der Waals surface area contributed by atoms with Crippen LogP contribution in [0.2, 0.25) is 0 Å². The number of ether oxygens (including phenoxy) is 1. The number of likely N-dealkylation sites (N-methyl/N-ethyl adjacent to an activating group) is 1. The fourth-order valence-corrected chi connectivity index (χ4v) is 2.33. The summed E-state index contributed by atoms with van der Waals surface area (Å²) in [4.78, 5) is 25.0. The van der Waals surface area contributed by atoms with Crippen LogP contribution < -0.4 is 16.0 Å². The number of amides is 1. The van der Waals surface area contributed by atoms with Crippen molar-refractivity contribution in [3.63, 3.8) is 0 Å². The fourth-order valence-electron chi connectivity index (χ4n) is 2.33. The molecule has 1 aliphatic heterocycles. The molecule has 7 heteroatoms. The van der Waals surface area contributed by atoms with Gasteiger partial charge in [0.05, 0.1) is 30.2 Å². The highest BCUT2D eigenvalue weighted by Crippen LogP contribution is 2.28. The molecule has 1 fully saturated rings. The summed E-state index contributed by atoms with van der Waals surface area (Å²) < 4.78 is 5.36. The Bertz CT molecular complexity index is 547. The molecule has 7 nitrogen and oxygen atoms in total. The van der Waals surface area contributed by atoms with E-state index in [9.17, 15) is 9.59 Å². The number of benzene rings is 1. The summed E-state index contributed by atoms with van der Waals surface area (Å²) in [5.41, 5.74) is 7.08. The van der Waals surface area contributed by atoms with Gasteiger partial charge >= 0.3 is 5.97 Å². The van der Waals surface area contributed by atoms with Crippen LogP contribution in [0.4, 0.5) is 11.4 Å². The van der Waals surface area contributed by atoms with Gasteiger partial charge in [-0.15, -0.1) is 0 Å². The first-order valence-electron chi connectivity index (χ1n) is 6.79. The molecule has 21 heavy (non-hydrogen) atoms. The molecule has 1 atom stereocenters. The molecule has 1 amide bonds. The Morgan fingerprint density at radius 2 is 2.29 bits per heavy atom. The van der Waals surface area contributed by atoms with E-state index in [1.807, 2.05) is 6.92 Å². The lowest BCUT2D eigenvalue weighted by atomic mass is 10.1. The van der Waals surface area contributed by atoms with Crippen molar-refractivity contribution in [2.45, 2.75) is 13.0 Å². The Kier molecular flexibility index (Phi) is 4.64. The molecule has 1 aromatic rings. The fraction of sp³-hybridized carbons (Fsp3) is 0.429. The standard InChI is InChI=1S/C14H19N3O4/c1-2-16-13(18)12-8-21-6-5-17(12)11-7-9(14(19)20)3-4-10(11)15/h3-4,7,12H,2,5-6,8,15H2,1H3,(H,16,18)(H,19,20). The van der Waals surface area contributed by atoms with Crippen LogP contribution in [-0.4, -0.2) is 49.3 Å². The highest BCUT2D eigenvalue weighted by atomic mass is 16.5. The molecule has 0 bridgehead atoms. The first-order chi connectivity index (χ1) is 10.0. The molecule has 0 aromatic heterocycles. The number of morpholine rings is 1. The molecule has 0 aliphatic carbocycles. The Hall–Kier alpha value is -2.28. The predicted octanol–water partition coefficient (Wildman–Crippen LogP) is 0.308. The highest BCUT2D eigenvalue weighted by molar-refractivity contribution is 5.92. The molecule has 1 saturated heterocycles. The average molecular weight is 293 g/mol. The number of carboxylic acid groups (broad SMARTS) is 1. The molecule has 1 unspecified atom stereocenters. The maximum atomic E-state index is 12.1. The number of aromatic carboxylic acids is 1. The van der Waals surface area contributed by atoms with Gasteiger partial charge in [0.25, 0.3) is 0 Å². The Labute approximate surface area is 122 Å². The lowest BCUT2D eigenvalue weighted by Crippen LogP contribution is -2.54. The summed E-state index contributed by atoms with van der Waals surface area (Å²) in [6, 6.07) is 3.98. The van der Waals surface area contributed by atoms with Crippen LogP contribution in [0.25, 0.3) is 0 Å². The van der Waals surface area contributed by atoms with Crippen LogP contribution in [0.15, 0.2) is 18.2 Å². The summed E-state index contributed by atoms with van der Waals surface area (Å²) in [5.74, 6) is -1.18.